The van der Waals surface area contributed by atoms with Crippen LogP contribution in [0.1, 0.15) is 29.7 Å². The summed E-state index contributed by atoms with van der Waals surface area (Å²) in [7, 11) is 6.02. The summed E-state index contributed by atoms with van der Waals surface area (Å²) in [5, 5.41) is 13.0. The van der Waals surface area contributed by atoms with Crippen molar-refractivity contribution in [3.63, 3.8) is 0 Å². The van der Waals surface area contributed by atoms with E-state index in [9.17, 15) is 18.4 Å². The second kappa shape index (κ2) is 10.4. The van der Waals surface area contributed by atoms with E-state index in [4.69, 9.17) is 0 Å². The highest BCUT2D eigenvalue weighted by molar-refractivity contribution is 5.94. The van der Waals surface area contributed by atoms with E-state index in [1.807, 2.05) is 46.3 Å². The number of aromatic amines is 1. The molecule has 0 fully saturated rings. The molecule has 4 aromatic rings. The van der Waals surface area contributed by atoms with Gasteiger partial charge in [0.05, 0.1) is 29.1 Å². The number of anilines is 2. The molecule has 192 valence electrons. The summed E-state index contributed by atoms with van der Waals surface area (Å²) in [5.41, 5.74) is 0.929. The number of rotatable bonds is 8. The minimum Gasteiger partial charge on any atom is -0.358 e. The first-order valence-electron chi connectivity index (χ1n) is 11.5. The van der Waals surface area contributed by atoms with Crippen molar-refractivity contribution in [2.45, 2.75) is 19.1 Å². The van der Waals surface area contributed by atoms with Crippen LogP contribution in [0.15, 0.2) is 43.0 Å². The molecule has 12 heteroatoms. The van der Waals surface area contributed by atoms with Gasteiger partial charge in [-0.25, -0.2) is 19.9 Å². The summed E-state index contributed by atoms with van der Waals surface area (Å²) in [6.45, 7) is 3.65. The zero-order chi connectivity index (χ0) is 26.7. The third-order valence-electron chi connectivity index (χ3n) is 5.91. The third-order valence-corrected chi connectivity index (χ3v) is 5.91. The zero-order valence-corrected chi connectivity index (χ0v) is 20.8. The van der Waals surface area contributed by atoms with Crippen molar-refractivity contribution in [1.29, 1.82) is 5.26 Å². The van der Waals surface area contributed by atoms with Crippen molar-refractivity contribution in [3.05, 3.63) is 59.7 Å². The number of H-pyrrole nitrogens is 1. The van der Waals surface area contributed by atoms with E-state index in [1.165, 1.54) is 12.4 Å². The molecule has 4 aromatic heterocycles. The Bertz CT molecular complexity index is 1420. The van der Waals surface area contributed by atoms with E-state index in [2.05, 4.69) is 40.0 Å². The fourth-order valence-electron chi connectivity index (χ4n) is 3.71. The molecule has 4 heterocycles. The van der Waals surface area contributed by atoms with Crippen LogP contribution in [0, 0.1) is 11.3 Å². The lowest BCUT2D eigenvalue weighted by atomic mass is 10.1. The zero-order valence-electron chi connectivity index (χ0n) is 20.8. The predicted molar refractivity (Wildman–Crippen MR) is 135 cm³/mol. The lowest BCUT2D eigenvalue weighted by molar-refractivity contribution is -0.137. The molecule has 0 radical (unpaired) electrons. The highest BCUT2D eigenvalue weighted by Crippen LogP contribution is 2.35. The fraction of sp³-hybridized carbons (Fsp3) is 0.320. The van der Waals surface area contributed by atoms with Gasteiger partial charge < -0.3 is 20.1 Å². The number of likely N-dealkylation sites (N-methyl/N-ethyl adjacent to an activating group) is 2. The first kappa shape index (κ1) is 25.8. The smallest absolute Gasteiger partial charge is 0.358 e. The second-order valence-electron chi connectivity index (χ2n) is 8.93. The van der Waals surface area contributed by atoms with Crippen molar-refractivity contribution in [2.24, 2.45) is 0 Å². The summed E-state index contributed by atoms with van der Waals surface area (Å²) in [4.78, 5) is 24.1. The summed E-state index contributed by atoms with van der Waals surface area (Å²) in [6.07, 6.45) is 0.823. The number of fused-ring (bicyclic) bond motifs is 1. The van der Waals surface area contributed by atoms with Gasteiger partial charge in [0.15, 0.2) is 0 Å². The van der Waals surface area contributed by atoms with Crippen LogP contribution in [0.5, 0.6) is 0 Å². The Morgan fingerprint density at radius 3 is 2.51 bits per heavy atom. The fourth-order valence-corrected chi connectivity index (χ4v) is 3.71. The molecule has 0 saturated carbocycles. The van der Waals surface area contributed by atoms with Gasteiger partial charge in [-0.2, -0.15) is 18.4 Å². The molecule has 0 aliphatic heterocycles. The van der Waals surface area contributed by atoms with Gasteiger partial charge in [-0.1, -0.05) is 6.07 Å². The van der Waals surface area contributed by atoms with Crippen molar-refractivity contribution >= 4 is 22.8 Å². The number of pyridine rings is 2. The van der Waals surface area contributed by atoms with Crippen LogP contribution in [-0.2, 0) is 6.18 Å². The summed E-state index contributed by atoms with van der Waals surface area (Å²) in [6, 6.07) is 6.68. The van der Waals surface area contributed by atoms with Crippen molar-refractivity contribution < 1.29 is 13.2 Å². The molecule has 0 saturated heterocycles. The van der Waals surface area contributed by atoms with Gasteiger partial charge in [-0.15, -0.1) is 0 Å². The standard InChI is InChI=1S/C25H26F3N9/c1-15(16-5-6-21(30-11-16)37(4)8-7-36(2)3)34-24-33-12-17(10-29)22(35-24)20-14-32-23-19(20)9-18(13-31-23)25(26,27)28/h5-6,9,11-15H,7-8H2,1-4H3,(H,31,32)(H,33,34,35)/t15-/m1/s1. The molecule has 4 rings (SSSR count). The van der Waals surface area contributed by atoms with Gasteiger partial charge in [0.25, 0.3) is 0 Å². The largest absolute Gasteiger partial charge is 0.417 e. The average molecular weight is 510 g/mol. The molecule has 9 nitrogen and oxygen atoms in total. The number of alkyl halides is 3. The van der Waals surface area contributed by atoms with E-state index in [-0.39, 0.29) is 34.3 Å². The summed E-state index contributed by atoms with van der Waals surface area (Å²) in [5.74, 6) is 1.07. The lowest BCUT2D eigenvalue weighted by Crippen LogP contribution is -2.29. The first-order chi connectivity index (χ1) is 17.6. The Morgan fingerprint density at radius 1 is 1.08 bits per heavy atom. The van der Waals surface area contributed by atoms with Crippen molar-refractivity contribution in [3.8, 4) is 17.3 Å². The average Bonchev–Trinajstić information content (AvgIpc) is 3.30. The van der Waals surface area contributed by atoms with Crippen LogP contribution in [0.3, 0.4) is 0 Å². The van der Waals surface area contributed by atoms with Crippen LogP contribution in [-0.4, -0.2) is 64.1 Å². The second-order valence-corrected chi connectivity index (χ2v) is 8.93. The number of halogens is 3. The molecule has 0 bridgehead atoms. The molecule has 0 aliphatic rings. The Kier molecular flexibility index (Phi) is 7.26. The van der Waals surface area contributed by atoms with Gasteiger partial charge in [-0.05, 0) is 38.7 Å². The number of hydrogen-bond donors (Lipinski definition) is 2. The molecule has 2 N–H and O–H groups in total. The van der Waals surface area contributed by atoms with Gasteiger partial charge in [-0.3, -0.25) is 0 Å². The molecule has 1 atom stereocenters. The van der Waals surface area contributed by atoms with E-state index < -0.39 is 11.7 Å². The number of nitrogens with zero attached hydrogens (tertiary/aromatic N) is 7. The van der Waals surface area contributed by atoms with Gasteiger partial charge in [0.2, 0.25) is 5.95 Å². The number of nitrogens with one attached hydrogen (secondary N) is 2. The molecule has 0 spiro atoms. The maximum absolute atomic E-state index is 13.3. The normalized spacial score (nSPS) is 12.5. The van der Waals surface area contributed by atoms with Gasteiger partial charge >= 0.3 is 6.18 Å². The highest BCUT2D eigenvalue weighted by atomic mass is 19.4. The van der Waals surface area contributed by atoms with E-state index >= 15 is 0 Å². The predicted octanol–water partition coefficient (Wildman–Crippen LogP) is 4.48. The maximum Gasteiger partial charge on any atom is 0.417 e. The van der Waals surface area contributed by atoms with Crippen LogP contribution in [0.2, 0.25) is 0 Å². The maximum atomic E-state index is 13.3. The lowest BCUT2D eigenvalue weighted by Gasteiger charge is -2.21. The molecule has 37 heavy (non-hydrogen) atoms. The van der Waals surface area contributed by atoms with E-state index in [0.717, 1.165) is 36.7 Å². The Hall–Kier alpha value is -4.24. The molecule has 0 aromatic carbocycles. The monoisotopic (exact) mass is 509 g/mol. The minimum atomic E-state index is -4.55. The van der Waals surface area contributed by atoms with E-state index in [0.29, 0.717) is 5.56 Å². The number of aromatic nitrogens is 5. The molecule has 0 amide bonds. The summed E-state index contributed by atoms with van der Waals surface area (Å²) >= 11 is 0. The van der Waals surface area contributed by atoms with Crippen molar-refractivity contribution in [2.75, 3.05) is 44.4 Å². The SMILES string of the molecule is C[C@@H](Nc1ncc(C#N)c(-c2c[nH]c3ncc(C(F)(F)F)cc23)n1)c1ccc(N(C)CCN(C)C)nc1. The Morgan fingerprint density at radius 2 is 1.86 bits per heavy atom. The van der Waals surface area contributed by atoms with Gasteiger partial charge in [0, 0.05) is 49.7 Å². The molecular weight excluding hydrogens is 483 g/mol. The minimum absolute atomic E-state index is 0.128. The van der Waals surface area contributed by atoms with Crippen LogP contribution in [0.4, 0.5) is 24.9 Å². The first-order valence-corrected chi connectivity index (χ1v) is 11.5. The quantitative estimate of drug-likeness (QED) is 0.358. The molecular formula is C25H26F3N9. The third kappa shape index (κ3) is 5.78. The number of hydrogen-bond acceptors (Lipinski definition) is 8. The number of nitriles is 1. The molecule has 0 unspecified atom stereocenters. The highest BCUT2D eigenvalue weighted by Gasteiger charge is 2.31. The van der Waals surface area contributed by atoms with Crippen LogP contribution < -0.4 is 10.2 Å². The van der Waals surface area contributed by atoms with Crippen LogP contribution in [0.25, 0.3) is 22.3 Å². The van der Waals surface area contributed by atoms with E-state index in [1.54, 1.807) is 6.20 Å². The summed E-state index contributed by atoms with van der Waals surface area (Å²) < 4.78 is 39.8. The molecule has 0 aliphatic carbocycles. The van der Waals surface area contributed by atoms with Crippen LogP contribution >= 0.6 is 0 Å². The van der Waals surface area contributed by atoms with Gasteiger partial charge in [0.1, 0.15) is 17.5 Å². The van der Waals surface area contributed by atoms with Crippen molar-refractivity contribution in [1.82, 2.24) is 29.8 Å². The Labute approximate surface area is 212 Å². The topological polar surface area (TPSA) is 110 Å². The Balaban J connectivity index is 1.59.